The van der Waals surface area contributed by atoms with Crippen LogP contribution in [0.2, 0.25) is 0 Å². The fourth-order valence-electron chi connectivity index (χ4n) is 2.40. The number of aromatic nitrogens is 6. The van der Waals surface area contributed by atoms with E-state index in [1.54, 1.807) is 18.6 Å². The number of aryl methyl sites for hydroxylation is 1. The van der Waals surface area contributed by atoms with Crippen LogP contribution >= 0.6 is 0 Å². The molecule has 114 valence electrons. The summed E-state index contributed by atoms with van der Waals surface area (Å²) in [5, 5.41) is 7.47. The maximum absolute atomic E-state index is 4.44. The Labute approximate surface area is 129 Å². The summed E-state index contributed by atoms with van der Waals surface area (Å²) >= 11 is 0. The lowest BCUT2D eigenvalue weighted by Crippen LogP contribution is -2.04. The van der Waals surface area contributed by atoms with Crippen molar-refractivity contribution in [2.75, 3.05) is 11.9 Å². The molecule has 3 rings (SSSR count). The van der Waals surface area contributed by atoms with Gasteiger partial charge in [-0.15, -0.1) is 0 Å². The monoisotopic (exact) mass is 297 g/mol. The van der Waals surface area contributed by atoms with E-state index in [0.29, 0.717) is 5.95 Å². The van der Waals surface area contributed by atoms with E-state index in [9.17, 15) is 0 Å². The van der Waals surface area contributed by atoms with Gasteiger partial charge in [-0.3, -0.25) is 9.25 Å². The number of rotatable bonds is 5. The highest BCUT2D eigenvalue weighted by Gasteiger charge is 2.13. The highest BCUT2D eigenvalue weighted by molar-refractivity contribution is 5.57. The van der Waals surface area contributed by atoms with Gasteiger partial charge >= 0.3 is 0 Å². The van der Waals surface area contributed by atoms with Gasteiger partial charge in [-0.05, 0) is 20.8 Å². The number of imidazole rings is 1. The summed E-state index contributed by atoms with van der Waals surface area (Å²) in [6, 6.07) is 0. The smallest absolute Gasteiger partial charge is 0.222 e. The summed E-state index contributed by atoms with van der Waals surface area (Å²) in [5.74, 6) is 1.43. The number of anilines is 1. The average Bonchev–Trinajstić information content (AvgIpc) is 3.14. The van der Waals surface area contributed by atoms with Crippen LogP contribution in [-0.4, -0.2) is 35.8 Å². The molecule has 0 fully saturated rings. The molecule has 3 aromatic heterocycles. The van der Waals surface area contributed by atoms with Gasteiger partial charge in [-0.25, -0.2) is 15.0 Å². The summed E-state index contributed by atoms with van der Waals surface area (Å²) in [5.41, 5.74) is 2.99. The maximum Gasteiger partial charge on any atom is 0.222 e. The third-order valence-electron chi connectivity index (χ3n) is 3.52. The van der Waals surface area contributed by atoms with Crippen LogP contribution in [0.15, 0.2) is 31.0 Å². The quantitative estimate of drug-likeness (QED) is 0.782. The van der Waals surface area contributed by atoms with Gasteiger partial charge in [-0.1, -0.05) is 0 Å². The van der Waals surface area contributed by atoms with E-state index in [4.69, 9.17) is 0 Å². The van der Waals surface area contributed by atoms with Crippen molar-refractivity contribution in [3.63, 3.8) is 0 Å². The van der Waals surface area contributed by atoms with E-state index in [2.05, 4.69) is 39.2 Å². The van der Waals surface area contributed by atoms with Crippen molar-refractivity contribution in [2.24, 2.45) is 0 Å². The van der Waals surface area contributed by atoms with E-state index in [0.717, 1.165) is 35.9 Å². The van der Waals surface area contributed by atoms with E-state index >= 15 is 0 Å². The molecule has 7 nitrogen and oxygen atoms in total. The highest BCUT2D eigenvalue weighted by Crippen LogP contribution is 2.22. The molecule has 3 aromatic rings. The summed E-state index contributed by atoms with van der Waals surface area (Å²) in [4.78, 5) is 13.1. The summed E-state index contributed by atoms with van der Waals surface area (Å²) in [6.45, 7) is 7.78. The van der Waals surface area contributed by atoms with Crippen LogP contribution in [0.1, 0.15) is 19.5 Å². The molecule has 0 saturated heterocycles. The maximum atomic E-state index is 4.44. The molecule has 22 heavy (non-hydrogen) atoms. The number of hydrogen-bond donors (Lipinski definition) is 1. The number of hydrogen-bond acceptors (Lipinski definition) is 5. The second-order valence-corrected chi connectivity index (χ2v) is 4.88. The van der Waals surface area contributed by atoms with Gasteiger partial charge in [0.1, 0.15) is 5.82 Å². The van der Waals surface area contributed by atoms with E-state index in [1.165, 1.54) is 0 Å². The summed E-state index contributed by atoms with van der Waals surface area (Å²) < 4.78 is 3.98. The minimum absolute atomic E-state index is 0.624. The van der Waals surface area contributed by atoms with Crippen molar-refractivity contribution in [3.8, 4) is 17.1 Å². The van der Waals surface area contributed by atoms with Crippen LogP contribution in [0.5, 0.6) is 0 Å². The number of nitrogens with one attached hydrogen (secondary N) is 1. The van der Waals surface area contributed by atoms with Gasteiger partial charge in [0, 0.05) is 37.9 Å². The highest BCUT2D eigenvalue weighted by atomic mass is 15.3. The van der Waals surface area contributed by atoms with Gasteiger partial charge in [0.15, 0.2) is 0 Å². The standard InChI is InChI=1S/C15H19N7/c1-4-16-15-18-8-12(9-19-15)14-17-6-7-21(14)13-10-20-22(5-2)11(13)3/h6-10H,4-5H2,1-3H3,(H,16,18,19). The van der Waals surface area contributed by atoms with Crippen LogP contribution in [0, 0.1) is 6.92 Å². The summed E-state index contributed by atoms with van der Waals surface area (Å²) in [6.07, 6.45) is 9.12. The van der Waals surface area contributed by atoms with Crippen molar-refractivity contribution in [1.29, 1.82) is 0 Å². The normalized spacial score (nSPS) is 10.9. The van der Waals surface area contributed by atoms with Crippen molar-refractivity contribution < 1.29 is 0 Å². The Balaban J connectivity index is 1.99. The average molecular weight is 297 g/mol. The predicted octanol–water partition coefficient (Wildman–Crippen LogP) is 2.29. The largest absolute Gasteiger partial charge is 0.355 e. The molecule has 0 aliphatic rings. The number of nitrogens with zero attached hydrogens (tertiary/aromatic N) is 6. The predicted molar refractivity (Wildman–Crippen MR) is 84.9 cm³/mol. The zero-order valence-corrected chi connectivity index (χ0v) is 13.0. The van der Waals surface area contributed by atoms with Crippen molar-refractivity contribution in [3.05, 3.63) is 36.7 Å². The van der Waals surface area contributed by atoms with Gasteiger partial charge < -0.3 is 5.32 Å². The van der Waals surface area contributed by atoms with Crippen molar-refractivity contribution >= 4 is 5.95 Å². The molecule has 0 amide bonds. The van der Waals surface area contributed by atoms with E-state index < -0.39 is 0 Å². The molecule has 0 spiro atoms. The fourth-order valence-corrected chi connectivity index (χ4v) is 2.40. The first-order chi connectivity index (χ1) is 10.7. The lowest BCUT2D eigenvalue weighted by molar-refractivity contribution is 0.639. The van der Waals surface area contributed by atoms with Crippen LogP contribution in [-0.2, 0) is 6.54 Å². The molecule has 1 N–H and O–H groups in total. The molecule has 0 aromatic carbocycles. The third kappa shape index (κ3) is 2.45. The first-order valence-electron chi connectivity index (χ1n) is 7.37. The van der Waals surface area contributed by atoms with Crippen molar-refractivity contribution in [2.45, 2.75) is 27.3 Å². The molecule has 0 bridgehead atoms. The molecule has 0 saturated carbocycles. The Hall–Kier alpha value is -2.70. The van der Waals surface area contributed by atoms with Crippen molar-refractivity contribution in [1.82, 2.24) is 29.3 Å². The molecule has 0 atom stereocenters. The third-order valence-corrected chi connectivity index (χ3v) is 3.52. The molecular formula is C15H19N7. The Morgan fingerprint density at radius 3 is 2.50 bits per heavy atom. The molecule has 0 radical (unpaired) electrons. The molecule has 0 aliphatic heterocycles. The lowest BCUT2D eigenvalue weighted by Gasteiger charge is -2.08. The molecule has 0 unspecified atom stereocenters. The molecule has 7 heteroatoms. The van der Waals surface area contributed by atoms with Crippen LogP contribution in [0.3, 0.4) is 0 Å². The molecular weight excluding hydrogens is 278 g/mol. The Morgan fingerprint density at radius 2 is 1.86 bits per heavy atom. The van der Waals surface area contributed by atoms with Crippen LogP contribution in [0.25, 0.3) is 17.1 Å². The van der Waals surface area contributed by atoms with Gasteiger partial charge in [-0.2, -0.15) is 5.10 Å². The van der Waals surface area contributed by atoms with Crippen LogP contribution in [0.4, 0.5) is 5.95 Å². The minimum atomic E-state index is 0.624. The van der Waals surface area contributed by atoms with Gasteiger partial charge in [0.2, 0.25) is 5.95 Å². The molecule has 0 aliphatic carbocycles. The lowest BCUT2D eigenvalue weighted by atomic mass is 10.3. The SMILES string of the molecule is CCNc1ncc(-c2nccn2-c2cnn(CC)c2C)cn1. The Bertz CT molecular complexity index is 755. The summed E-state index contributed by atoms with van der Waals surface area (Å²) in [7, 11) is 0. The first-order valence-corrected chi connectivity index (χ1v) is 7.37. The van der Waals surface area contributed by atoms with Crippen LogP contribution < -0.4 is 5.32 Å². The van der Waals surface area contributed by atoms with E-state index in [-0.39, 0.29) is 0 Å². The topological polar surface area (TPSA) is 73.5 Å². The second-order valence-electron chi connectivity index (χ2n) is 4.88. The Kier molecular flexibility index (Phi) is 3.86. The zero-order chi connectivity index (χ0) is 15.5. The van der Waals surface area contributed by atoms with E-state index in [1.807, 2.05) is 28.6 Å². The second kappa shape index (κ2) is 5.97. The Morgan fingerprint density at radius 1 is 1.09 bits per heavy atom. The zero-order valence-electron chi connectivity index (χ0n) is 13.0. The van der Waals surface area contributed by atoms with Gasteiger partial charge in [0.25, 0.3) is 0 Å². The minimum Gasteiger partial charge on any atom is -0.355 e. The molecule has 3 heterocycles. The first kappa shape index (κ1) is 14.2. The van der Waals surface area contributed by atoms with Gasteiger partial charge in [0.05, 0.1) is 23.1 Å². The fraction of sp³-hybridized carbons (Fsp3) is 0.333.